The molecule has 13 rings (SSSR count). The average Bonchev–Trinajstić information content (AvgIpc) is 3.88. The van der Waals surface area contributed by atoms with Crippen molar-refractivity contribution in [2.75, 3.05) is 0 Å². The lowest BCUT2D eigenvalue weighted by Gasteiger charge is -2.38. The molecular formula is C49H37BN2. The number of aromatic nitrogens is 2. The van der Waals surface area contributed by atoms with Crippen LogP contribution in [0.25, 0.3) is 72.3 Å². The predicted molar refractivity (Wildman–Crippen MR) is 217 cm³/mol. The van der Waals surface area contributed by atoms with Gasteiger partial charge in [-0.15, -0.1) is 0 Å². The summed E-state index contributed by atoms with van der Waals surface area (Å²) in [6.45, 7) is 14.7. The molecule has 8 aromatic rings. The van der Waals surface area contributed by atoms with Crippen molar-refractivity contribution in [3.63, 3.8) is 0 Å². The van der Waals surface area contributed by atoms with Crippen LogP contribution in [-0.4, -0.2) is 15.9 Å². The third-order valence-corrected chi connectivity index (χ3v) is 14.2. The normalized spacial score (nSPS) is 17.5. The van der Waals surface area contributed by atoms with Crippen molar-refractivity contribution >= 4 is 39.6 Å². The van der Waals surface area contributed by atoms with Crippen LogP contribution in [0.2, 0.25) is 0 Å². The molecule has 3 aliphatic carbocycles. The minimum absolute atomic E-state index is 0.0440. The number of para-hydroxylation sites is 2. The van der Waals surface area contributed by atoms with Crippen LogP contribution in [0.15, 0.2) is 115 Å². The summed E-state index contributed by atoms with van der Waals surface area (Å²) in [5, 5.41) is 2.79. The summed E-state index contributed by atoms with van der Waals surface area (Å²) in [5.41, 5.74) is 26.5. The van der Waals surface area contributed by atoms with E-state index in [2.05, 4.69) is 166 Å². The Labute approximate surface area is 304 Å². The lowest BCUT2D eigenvalue weighted by atomic mass is 9.44. The Bertz CT molecular complexity index is 3050. The molecule has 0 unspecified atom stereocenters. The average molecular weight is 665 g/mol. The van der Waals surface area contributed by atoms with Gasteiger partial charge in [-0.2, -0.15) is 0 Å². The molecule has 0 saturated carbocycles. The SMILES string of the molecule is CC1(C)c2ccccc2-c2cc3c4c(c21)-c1cccc2c5c(n(c12)B4c1cccc2c4c(n-3c12)-c1ccccc1C4(C)C)-c1ccccc1C5(C)C. The minimum atomic E-state index is -0.147. The van der Waals surface area contributed by atoms with Crippen molar-refractivity contribution in [1.82, 2.24) is 9.05 Å². The number of hydrogen-bond acceptors (Lipinski definition) is 0. The van der Waals surface area contributed by atoms with Crippen molar-refractivity contribution in [3.05, 3.63) is 149 Å². The quantitative estimate of drug-likeness (QED) is 0.143. The molecule has 52 heavy (non-hydrogen) atoms. The molecule has 246 valence electrons. The third kappa shape index (κ3) is 2.73. The number of fused-ring (bicyclic) bond motifs is 18. The Morgan fingerprint density at radius 3 is 1.67 bits per heavy atom. The van der Waals surface area contributed by atoms with Crippen LogP contribution in [0.5, 0.6) is 0 Å². The highest BCUT2D eigenvalue weighted by atomic mass is 15.0. The molecule has 4 heterocycles. The molecule has 2 nitrogen and oxygen atoms in total. The van der Waals surface area contributed by atoms with Gasteiger partial charge in [-0.05, 0) is 67.1 Å². The van der Waals surface area contributed by atoms with E-state index < -0.39 is 0 Å². The molecule has 2 aliphatic heterocycles. The molecule has 3 heteroatoms. The Hall–Kier alpha value is -5.54. The van der Waals surface area contributed by atoms with E-state index in [4.69, 9.17) is 0 Å². The monoisotopic (exact) mass is 664 g/mol. The van der Waals surface area contributed by atoms with Gasteiger partial charge in [-0.3, -0.25) is 0 Å². The van der Waals surface area contributed by atoms with Crippen LogP contribution in [0, 0.1) is 0 Å². The fourth-order valence-corrected chi connectivity index (χ4v) is 12.3. The second-order valence-electron chi connectivity index (χ2n) is 17.6. The van der Waals surface area contributed by atoms with Crippen LogP contribution in [0.3, 0.4) is 0 Å². The lowest BCUT2D eigenvalue weighted by molar-refractivity contribution is 0.662. The zero-order chi connectivity index (χ0) is 34.8. The standard InChI is InChI=1S/C49H37BN2/c1-47(2)33-21-10-7-15-26(33)32-25-37-42-38(39(32)47)29-18-13-19-30-41-46(28-17-9-12-23-35(28)49(41,5)6)52(43(29)30)50(42)36-24-14-20-31-40-45(51(37)44(31)36)27-16-8-11-22-34(27)48(40,3)4/h7-25H,1-6H3. The van der Waals surface area contributed by atoms with Gasteiger partial charge in [0.2, 0.25) is 0 Å². The molecule has 2 aromatic heterocycles. The molecule has 0 radical (unpaired) electrons. The van der Waals surface area contributed by atoms with E-state index >= 15 is 0 Å². The number of hydrogen-bond donors (Lipinski definition) is 0. The van der Waals surface area contributed by atoms with Crippen molar-refractivity contribution in [2.45, 2.75) is 57.8 Å². The maximum Gasteiger partial charge on any atom is 0.333 e. The van der Waals surface area contributed by atoms with Gasteiger partial charge >= 0.3 is 6.85 Å². The van der Waals surface area contributed by atoms with Gasteiger partial charge in [0.1, 0.15) is 0 Å². The van der Waals surface area contributed by atoms with Crippen molar-refractivity contribution in [2.24, 2.45) is 0 Å². The highest BCUT2D eigenvalue weighted by molar-refractivity contribution is 6.89. The first-order chi connectivity index (χ1) is 25.1. The highest BCUT2D eigenvalue weighted by Gasteiger charge is 2.52. The number of rotatable bonds is 0. The maximum absolute atomic E-state index is 2.80. The van der Waals surface area contributed by atoms with E-state index in [1.54, 1.807) is 0 Å². The van der Waals surface area contributed by atoms with Crippen molar-refractivity contribution in [3.8, 4) is 50.5 Å². The second kappa shape index (κ2) is 8.40. The van der Waals surface area contributed by atoms with E-state index in [-0.39, 0.29) is 23.1 Å². The fourth-order valence-electron chi connectivity index (χ4n) is 12.3. The number of nitrogens with zero attached hydrogens (tertiary/aromatic N) is 2. The highest BCUT2D eigenvalue weighted by Crippen LogP contribution is 2.60. The smallest absolute Gasteiger partial charge is 0.333 e. The van der Waals surface area contributed by atoms with Crippen LogP contribution in [-0.2, 0) is 16.2 Å². The maximum atomic E-state index is 2.80. The van der Waals surface area contributed by atoms with E-state index in [0.717, 1.165) is 0 Å². The van der Waals surface area contributed by atoms with Gasteiger partial charge in [0.15, 0.2) is 0 Å². The van der Waals surface area contributed by atoms with Crippen LogP contribution in [0.4, 0.5) is 0 Å². The van der Waals surface area contributed by atoms with Crippen molar-refractivity contribution in [1.29, 1.82) is 0 Å². The summed E-state index contributed by atoms with van der Waals surface area (Å²) in [6.07, 6.45) is 0. The Balaban J connectivity index is 1.30. The summed E-state index contributed by atoms with van der Waals surface area (Å²) in [7, 11) is 0. The first-order valence-corrected chi connectivity index (χ1v) is 19.0. The largest absolute Gasteiger partial charge is 0.375 e. The van der Waals surface area contributed by atoms with Gasteiger partial charge in [-0.25, -0.2) is 0 Å². The van der Waals surface area contributed by atoms with Gasteiger partial charge in [0, 0.05) is 60.6 Å². The van der Waals surface area contributed by atoms with Gasteiger partial charge < -0.3 is 9.05 Å². The molecule has 5 aliphatic rings. The summed E-state index contributed by atoms with van der Waals surface area (Å²) in [5.74, 6) is 0. The number of benzene rings is 6. The van der Waals surface area contributed by atoms with Crippen molar-refractivity contribution < 1.29 is 0 Å². The molecule has 0 N–H and O–H groups in total. The molecule has 0 atom stereocenters. The molecule has 0 saturated heterocycles. The molecule has 0 spiro atoms. The summed E-state index contributed by atoms with van der Waals surface area (Å²) in [6, 6.07) is 44.6. The van der Waals surface area contributed by atoms with Crippen LogP contribution >= 0.6 is 0 Å². The minimum Gasteiger partial charge on any atom is -0.375 e. The molecule has 6 aromatic carbocycles. The molecular weight excluding hydrogens is 627 g/mol. The summed E-state index contributed by atoms with van der Waals surface area (Å²) in [4.78, 5) is 0. The van der Waals surface area contributed by atoms with Crippen LogP contribution < -0.4 is 10.9 Å². The fraction of sp³-hybridized carbons (Fsp3) is 0.184. The third-order valence-electron chi connectivity index (χ3n) is 14.2. The van der Waals surface area contributed by atoms with Gasteiger partial charge in [0.25, 0.3) is 0 Å². The molecule has 0 amide bonds. The zero-order valence-electron chi connectivity index (χ0n) is 30.4. The van der Waals surface area contributed by atoms with Gasteiger partial charge in [0.05, 0.1) is 11.2 Å². The second-order valence-corrected chi connectivity index (χ2v) is 17.6. The van der Waals surface area contributed by atoms with E-state index in [9.17, 15) is 0 Å². The Morgan fingerprint density at radius 2 is 0.981 bits per heavy atom. The molecule has 0 fully saturated rings. The first-order valence-electron chi connectivity index (χ1n) is 19.0. The first kappa shape index (κ1) is 28.1. The Kier molecular flexibility index (Phi) is 4.54. The van der Waals surface area contributed by atoms with E-state index in [0.29, 0.717) is 0 Å². The van der Waals surface area contributed by atoms with Crippen LogP contribution in [0.1, 0.15) is 74.9 Å². The predicted octanol–water partition coefficient (Wildman–Crippen LogP) is 10.5. The zero-order valence-corrected chi connectivity index (χ0v) is 30.4. The lowest BCUT2D eigenvalue weighted by Crippen LogP contribution is -2.56. The van der Waals surface area contributed by atoms with E-state index in [1.807, 2.05) is 0 Å². The summed E-state index contributed by atoms with van der Waals surface area (Å²) < 4.78 is 5.51. The Morgan fingerprint density at radius 1 is 0.462 bits per heavy atom. The van der Waals surface area contributed by atoms with Gasteiger partial charge in [-0.1, -0.05) is 151 Å². The molecule has 0 bridgehead atoms. The van der Waals surface area contributed by atoms with E-state index in [1.165, 1.54) is 117 Å². The topological polar surface area (TPSA) is 9.86 Å². The summed E-state index contributed by atoms with van der Waals surface area (Å²) >= 11 is 0.